The molecule has 1 aromatic heterocycles. The van der Waals surface area contributed by atoms with E-state index in [9.17, 15) is 25.2 Å². The average molecular weight is 728 g/mol. The number of nitrogens with zero attached hydrogens (tertiary/aromatic N) is 1. The van der Waals surface area contributed by atoms with Gasteiger partial charge in [-0.15, -0.1) is 0 Å². The molecule has 0 aliphatic heterocycles. The second-order valence-electron chi connectivity index (χ2n) is 13.9. The lowest BCUT2D eigenvalue weighted by atomic mass is 9.80. The molecule has 0 radical (unpaired) electrons. The van der Waals surface area contributed by atoms with E-state index in [2.05, 4.69) is 34.6 Å². The molecule has 0 saturated heterocycles. The highest BCUT2D eigenvalue weighted by atomic mass is 16.5. The van der Waals surface area contributed by atoms with Crippen LogP contribution in [0.5, 0.6) is 28.7 Å². The van der Waals surface area contributed by atoms with Crippen LogP contribution in [0.3, 0.4) is 0 Å². The zero-order valence-corrected chi connectivity index (χ0v) is 30.8. The lowest BCUT2D eigenvalue weighted by Gasteiger charge is -2.27. The van der Waals surface area contributed by atoms with Crippen LogP contribution in [0, 0.1) is 5.92 Å². The van der Waals surface area contributed by atoms with E-state index in [0.717, 1.165) is 44.2 Å². The molecule has 0 saturated carbocycles. The van der Waals surface area contributed by atoms with Crippen molar-refractivity contribution in [1.29, 1.82) is 0 Å². The Morgan fingerprint density at radius 1 is 0.778 bits per heavy atom. The highest BCUT2D eigenvalue weighted by molar-refractivity contribution is 5.87. The van der Waals surface area contributed by atoms with Crippen molar-refractivity contribution in [3.8, 4) is 28.7 Å². The summed E-state index contributed by atoms with van der Waals surface area (Å²) < 4.78 is 11.1. The van der Waals surface area contributed by atoms with Gasteiger partial charge >= 0.3 is 0 Å². The predicted octanol–water partition coefficient (Wildman–Crippen LogP) is 6.99. The fraction of sp³-hybridized carbons (Fsp3) is 0.267. The number of aliphatic hydroxyl groups is 1. The number of phenols is 3. The first-order valence-electron chi connectivity index (χ1n) is 18.1. The minimum atomic E-state index is -1.05. The lowest BCUT2D eigenvalue weighted by Crippen LogP contribution is -2.30. The summed E-state index contributed by atoms with van der Waals surface area (Å²) in [6, 6.07) is 29.9. The number of ether oxygens (including phenoxy) is 2. The monoisotopic (exact) mass is 727 g/mol. The number of benzene rings is 5. The molecule has 0 unspecified atom stereocenters. The van der Waals surface area contributed by atoms with Gasteiger partial charge in [-0.1, -0.05) is 72.3 Å². The zero-order valence-electron chi connectivity index (χ0n) is 30.8. The van der Waals surface area contributed by atoms with Crippen molar-refractivity contribution in [1.82, 2.24) is 10.3 Å². The van der Waals surface area contributed by atoms with Crippen molar-refractivity contribution in [2.45, 2.75) is 50.7 Å². The van der Waals surface area contributed by atoms with Crippen LogP contribution in [0.2, 0.25) is 0 Å². The molecule has 9 heteroatoms. The first-order chi connectivity index (χ1) is 26.2. The van der Waals surface area contributed by atoms with Crippen LogP contribution in [0.4, 0.5) is 0 Å². The van der Waals surface area contributed by atoms with Gasteiger partial charge in [0.15, 0.2) is 23.0 Å². The first-order valence-corrected chi connectivity index (χ1v) is 18.1. The van der Waals surface area contributed by atoms with Crippen LogP contribution in [0.15, 0.2) is 109 Å². The van der Waals surface area contributed by atoms with Gasteiger partial charge in [0.1, 0.15) is 11.5 Å². The Labute approximate surface area is 315 Å². The van der Waals surface area contributed by atoms with Crippen LogP contribution in [0.25, 0.3) is 10.8 Å². The van der Waals surface area contributed by atoms with E-state index in [1.807, 2.05) is 43.4 Å². The fourth-order valence-corrected chi connectivity index (χ4v) is 7.50. The molecule has 3 atom stereocenters. The van der Waals surface area contributed by atoms with E-state index < -0.39 is 17.9 Å². The summed E-state index contributed by atoms with van der Waals surface area (Å²) in [5.41, 5.74) is 5.91. The fourth-order valence-electron chi connectivity index (χ4n) is 7.50. The number of carbonyl (C=O) groups is 1. The number of Topliss-reactive ketones (excluding diaryl/α,β-unsaturated/α-hetero) is 1. The number of hydrogen-bond acceptors (Lipinski definition) is 8. The number of methoxy groups -OCH3 is 2. The Hall–Kier alpha value is -5.77. The molecule has 0 bridgehead atoms. The third kappa shape index (κ3) is 8.87. The largest absolute Gasteiger partial charge is 0.670 e. The Bertz CT molecular complexity index is 2190. The smallest absolute Gasteiger partial charge is 0.164 e. The number of hydrogen-bond donors (Lipinski definition) is 5. The Morgan fingerprint density at radius 2 is 1.57 bits per heavy atom. The summed E-state index contributed by atoms with van der Waals surface area (Å²) in [5.74, 6) is -0.583. The van der Waals surface area contributed by atoms with Crippen molar-refractivity contribution < 1.29 is 34.7 Å². The maximum Gasteiger partial charge on any atom is 0.164 e. The van der Waals surface area contributed by atoms with Gasteiger partial charge in [-0.2, -0.15) is 12.4 Å². The summed E-state index contributed by atoms with van der Waals surface area (Å²) in [6.45, 7) is 0.491. The molecule has 0 amide bonds. The quantitative estimate of drug-likeness (QED) is 0.0672. The number of fused-ring (bicyclic) bond motifs is 1. The molecule has 0 aliphatic rings. The highest BCUT2D eigenvalue weighted by Crippen LogP contribution is 2.38. The van der Waals surface area contributed by atoms with Crippen LogP contribution in [-0.2, 0) is 37.0 Å². The summed E-state index contributed by atoms with van der Waals surface area (Å²) in [5, 5.41) is 49.2. The molecule has 0 fully saturated rings. The summed E-state index contributed by atoms with van der Waals surface area (Å²) in [4.78, 5) is 18.7. The van der Waals surface area contributed by atoms with Gasteiger partial charge in [0, 0.05) is 30.9 Å². The number of phenolic OH excluding ortho intramolecular Hbond substituents is 3. The number of aromatic hydroxyl groups is 3. The van der Waals surface area contributed by atoms with Gasteiger partial charge < -0.3 is 40.2 Å². The molecule has 54 heavy (non-hydrogen) atoms. The van der Waals surface area contributed by atoms with E-state index in [1.54, 1.807) is 49.8 Å². The highest BCUT2D eigenvalue weighted by Gasteiger charge is 2.30. The van der Waals surface area contributed by atoms with E-state index >= 15 is 0 Å². The number of aromatic nitrogens is 1. The van der Waals surface area contributed by atoms with Gasteiger partial charge in [0.25, 0.3) is 0 Å². The molecular weight excluding hydrogens is 681 g/mol. The summed E-state index contributed by atoms with van der Waals surface area (Å²) in [7, 11) is 4.82. The van der Waals surface area contributed by atoms with Crippen molar-refractivity contribution in [3.05, 3.63) is 148 Å². The van der Waals surface area contributed by atoms with Crippen LogP contribution in [-0.4, -0.2) is 53.6 Å². The number of nitrogens with one attached hydrogen (secondary N) is 1. The topological polar surface area (TPSA) is 143 Å². The van der Waals surface area contributed by atoms with Crippen LogP contribution in [0.1, 0.15) is 51.3 Å². The standard InChI is InChI=1S/C45H47N2O7/c1-46-26-30-18-34(23-36(48)19-30)38(20-28-11-13-40(49)44(21-28)53-2)43(52)25-42(51)35(17-29-15-16-47-27-29)22-33-12-14-41(50)45(54-3)39(33)24-32-9-6-8-31-7-4-5-10-37(31)32/h4-16,18-19,21,23,27,35,38,42,46,48-51H,17,20,22,24-26H2,1-3H3/q-1/t35-,38-,42-/m1/s1. The zero-order chi connectivity index (χ0) is 38.2. The van der Waals surface area contributed by atoms with E-state index in [1.165, 1.54) is 13.2 Å². The Morgan fingerprint density at radius 3 is 2.33 bits per heavy atom. The van der Waals surface area contributed by atoms with Gasteiger partial charge in [0.2, 0.25) is 0 Å². The predicted molar refractivity (Wildman–Crippen MR) is 210 cm³/mol. The van der Waals surface area contributed by atoms with Crippen molar-refractivity contribution >= 4 is 16.6 Å². The minimum Gasteiger partial charge on any atom is -0.670 e. The van der Waals surface area contributed by atoms with Gasteiger partial charge in [-0.05, 0) is 101 Å². The molecule has 1 heterocycles. The third-order valence-electron chi connectivity index (χ3n) is 10.2. The number of rotatable bonds is 17. The molecule has 280 valence electrons. The second kappa shape index (κ2) is 17.4. The lowest BCUT2D eigenvalue weighted by molar-refractivity contribution is -0.123. The van der Waals surface area contributed by atoms with Gasteiger partial charge in [-0.3, -0.25) is 4.79 Å². The second-order valence-corrected chi connectivity index (χ2v) is 13.9. The molecule has 0 spiro atoms. The van der Waals surface area contributed by atoms with Crippen LogP contribution >= 0.6 is 0 Å². The maximum absolute atomic E-state index is 14.5. The maximum atomic E-state index is 14.5. The summed E-state index contributed by atoms with van der Waals surface area (Å²) in [6.07, 6.45) is 3.88. The van der Waals surface area contributed by atoms with Crippen molar-refractivity contribution in [2.75, 3.05) is 21.3 Å². The first kappa shape index (κ1) is 38.0. The molecule has 9 nitrogen and oxygen atoms in total. The number of carbonyl (C=O) groups excluding carboxylic acids is 1. The van der Waals surface area contributed by atoms with Gasteiger partial charge in [-0.25, -0.2) is 0 Å². The SMILES string of the molecule is CNCc1cc(O)cc([C@@H](Cc2ccc(O)c(OC)c2)C(=O)C[C@@H](O)[C@H](Cc2cc[n-]c2)Cc2ccc(O)c(OC)c2Cc2cccc3ccccc23)c1. The third-order valence-corrected chi connectivity index (χ3v) is 10.2. The molecule has 5 N–H and O–H groups in total. The average Bonchev–Trinajstić information content (AvgIpc) is 3.68. The van der Waals surface area contributed by atoms with Crippen molar-refractivity contribution in [2.24, 2.45) is 5.92 Å². The molecular formula is C45H47N2O7-. The van der Waals surface area contributed by atoms with Crippen LogP contribution < -0.4 is 19.8 Å². The molecule has 6 aromatic rings. The molecule has 0 aliphatic carbocycles. The molecule has 6 rings (SSSR count). The minimum absolute atomic E-state index is 0.0104. The Kier molecular flexibility index (Phi) is 12.2. The van der Waals surface area contributed by atoms with Crippen molar-refractivity contribution in [3.63, 3.8) is 0 Å². The summed E-state index contributed by atoms with van der Waals surface area (Å²) >= 11 is 0. The number of ketones is 1. The van der Waals surface area contributed by atoms with E-state index in [0.29, 0.717) is 37.1 Å². The molecule has 5 aromatic carbocycles. The van der Waals surface area contributed by atoms with E-state index in [4.69, 9.17) is 9.47 Å². The normalized spacial score (nSPS) is 13.0. The Balaban J connectivity index is 1.34. The van der Waals surface area contributed by atoms with Gasteiger partial charge in [0.05, 0.1) is 20.3 Å². The number of aliphatic hydroxyl groups excluding tert-OH is 1. The van der Waals surface area contributed by atoms with E-state index in [-0.39, 0.29) is 41.6 Å².